The number of hydrogen-bond donors (Lipinski definition) is 0. The number of fused-ring (bicyclic) bond motifs is 1. The minimum absolute atomic E-state index is 0.0638. The van der Waals surface area contributed by atoms with Gasteiger partial charge in [0, 0.05) is 44.8 Å². The Morgan fingerprint density at radius 2 is 1.56 bits per heavy atom. The molecule has 226 valence electrons. The van der Waals surface area contributed by atoms with Gasteiger partial charge in [0.2, 0.25) is 15.9 Å². The van der Waals surface area contributed by atoms with Gasteiger partial charge in [-0.05, 0) is 91.6 Å². The second-order valence-corrected chi connectivity index (χ2v) is 14.1. The molecule has 2 fully saturated rings. The summed E-state index contributed by atoms with van der Waals surface area (Å²) in [6, 6.07) is 19.2. The number of aryl methyl sites for hydroxylation is 2. The van der Waals surface area contributed by atoms with E-state index in [4.69, 9.17) is 4.74 Å². The molecule has 2 amide bonds. The Morgan fingerprint density at radius 3 is 2.23 bits per heavy atom. The van der Waals surface area contributed by atoms with Crippen LogP contribution in [-0.4, -0.2) is 67.6 Å². The Hall–Kier alpha value is -3.69. The van der Waals surface area contributed by atoms with Gasteiger partial charge < -0.3 is 14.5 Å². The van der Waals surface area contributed by atoms with Crippen molar-refractivity contribution in [1.29, 1.82) is 0 Å². The monoisotopic (exact) mass is 601 g/mol. The number of amides is 2. The first-order valence-electron chi connectivity index (χ1n) is 15.0. The van der Waals surface area contributed by atoms with Crippen molar-refractivity contribution < 1.29 is 22.7 Å². The maximum atomic E-state index is 13.8. The first-order chi connectivity index (χ1) is 20.6. The molecule has 0 bridgehead atoms. The minimum Gasteiger partial charge on any atom is -0.497 e. The van der Waals surface area contributed by atoms with Gasteiger partial charge in [0.25, 0.3) is 5.91 Å². The summed E-state index contributed by atoms with van der Waals surface area (Å²) in [7, 11) is -2.17. The van der Waals surface area contributed by atoms with Crippen molar-refractivity contribution >= 4 is 21.8 Å². The fourth-order valence-corrected chi connectivity index (χ4v) is 8.90. The molecule has 3 aliphatic rings. The van der Waals surface area contributed by atoms with E-state index < -0.39 is 10.0 Å². The summed E-state index contributed by atoms with van der Waals surface area (Å²) in [5.74, 6) is 0.776. The Balaban J connectivity index is 1.13. The number of sulfonamides is 1. The van der Waals surface area contributed by atoms with Gasteiger partial charge >= 0.3 is 0 Å². The van der Waals surface area contributed by atoms with E-state index in [1.807, 2.05) is 58.3 Å². The number of methoxy groups -OCH3 is 1. The third-order valence-electron chi connectivity index (χ3n) is 9.52. The topological polar surface area (TPSA) is 87.2 Å². The average molecular weight is 602 g/mol. The van der Waals surface area contributed by atoms with Crippen molar-refractivity contribution in [2.45, 2.75) is 57.5 Å². The van der Waals surface area contributed by atoms with Crippen LogP contribution < -0.4 is 4.74 Å². The Bertz CT molecular complexity index is 1640. The smallest absolute Gasteiger partial charge is 0.253 e. The SMILES string of the molecule is COc1cc(C)c(S(=O)(=O)N2CCc3ccc(C(=O)N4CCC5(CC4)CCN(Cc4ccccc4)C5=O)cc3C2)c(C)c1. The van der Waals surface area contributed by atoms with E-state index in [0.29, 0.717) is 72.8 Å². The second-order valence-electron chi connectivity index (χ2n) is 12.2. The van der Waals surface area contributed by atoms with E-state index in [1.54, 1.807) is 33.1 Å². The molecule has 6 rings (SSSR count). The molecule has 3 heterocycles. The quantitative estimate of drug-likeness (QED) is 0.408. The Morgan fingerprint density at radius 1 is 0.884 bits per heavy atom. The fourth-order valence-electron chi connectivity index (χ4n) is 7.07. The molecule has 43 heavy (non-hydrogen) atoms. The predicted molar refractivity (Wildman–Crippen MR) is 164 cm³/mol. The standard InChI is InChI=1S/C34H39N3O5S/c1-24-19-30(42-3)20-25(2)31(24)43(40,41)37-15-11-27-9-10-28(21-29(27)23-37)32(38)35-16-12-34(13-17-35)14-18-36(33(34)39)22-26-7-5-4-6-8-26/h4-10,19-21H,11-18,22-23H2,1-3H3. The lowest BCUT2D eigenvalue weighted by molar-refractivity contribution is -0.138. The number of carbonyl (C=O) groups excluding carboxylic acids is 2. The summed E-state index contributed by atoms with van der Waals surface area (Å²) in [6.45, 7) is 6.65. The zero-order valence-electron chi connectivity index (χ0n) is 25.1. The highest BCUT2D eigenvalue weighted by Gasteiger charge is 2.48. The molecule has 0 saturated carbocycles. The van der Waals surface area contributed by atoms with Crippen molar-refractivity contribution in [3.63, 3.8) is 0 Å². The number of carbonyl (C=O) groups is 2. The molecule has 0 aromatic heterocycles. The van der Waals surface area contributed by atoms with Crippen LogP contribution in [0.25, 0.3) is 0 Å². The fraction of sp³-hybridized carbons (Fsp3) is 0.412. The predicted octanol–water partition coefficient (Wildman–Crippen LogP) is 4.71. The van der Waals surface area contributed by atoms with Crippen LogP contribution in [0.1, 0.15) is 57.4 Å². The maximum Gasteiger partial charge on any atom is 0.253 e. The van der Waals surface area contributed by atoms with E-state index in [2.05, 4.69) is 0 Å². The highest BCUT2D eigenvalue weighted by atomic mass is 32.2. The summed E-state index contributed by atoms with van der Waals surface area (Å²) in [6.07, 6.45) is 2.75. The molecule has 9 heteroatoms. The molecule has 0 unspecified atom stereocenters. The van der Waals surface area contributed by atoms with Crippen LogP contribution in [0, 0.1) is 19.3 Å². The number of nitrogens with zero attached hydrogens (tertiary/aromatic N) is 3. The van der Waals surface area contributed by atoms with Crippen LogP contribution in [0.2, 0.25) is 0 Å². The van der Waals surface area contributed by atoms with Crippen LogP contribution in [0.15, 0.2) is 65.6 Å². The minimum atomic E-state index is -3.74. The van der Waals surface area contributed by atoms with Crippen molar-refractivity contribution in [2.24, 2.45) is 5.41 Å². The maximum absolute atomic E-state index is 13.8. The Labute approximate surface area is 254 Å². The van der Waals surface area contributed by atoms with Gasteiger partial charge in [0.05, 0.1) is 17.4 Å². The molecule has 3 aromatic carbocycles. The number of rotatable bonds is 6. The highest BCUT2D eigenvalue weighted by Crippen LogP contribution is 2.42. The van der Waals surface area contributed by atoms with Gasteiger partial charge in [0.1, 0.15) is 5.75 Å². The van der Waals surface area contributed by atoms with Gasteiger partial charge in [-0.25, -0.2) is 8.42 Å². The molecule has 0 atom stereocenters. The zero-order chi connectivity index (χ0) is 30.4. The van der Waals surface area contributed by atoms with Crippen molar-refractivity contribution in [1.82, 2.24) is 14.1 Å². The summed E-state index contributed by atoms with van der Waals surface area (Å²) in [5, 5.41) is 0. The molecule has 0 aliphatic carbocycles. The molecular weight excluding hydrogens is 562 g/mol. The van der Waals surface area contributed by atoms with Crippen molar-refractivity contribution in [3.05, 3.63) is 94.0 Å². The third-order valence-corrected chi connectivity index (χ3v) is 11.7. The van der Waals surface area contributed by atoms with Gasteiger partial charge in [-0.15, -0.1) is 0 Å². The molecular formula is C34H39N3O5S. The first-order valence-corrected chi connectivity index (χ1v) is 16.5. The molecule has 1 spiro atoms. The number of ether oxygens (including phenoxy) is 1. The third kappa shape index (κ3) is 5.45. The summed E-state index contributed by atoms with van der Waals surface area (Å²) >= 11 is 0. The lowest BCUT2D eigenvalue weighted by Crippen LogP contribution is -2.46. The van der Waals surface area contributed by atoms with E-state index in [0.717, 1.165) is 29.7 Å². The van der Waals surface area contributed by atoms with E-state index in [1.165, 1.54) is 4.31 Å². The molecule has 3 aromatic rings. The van der Waals surface area contributed by atoms with Crippen molar-refractivity contribution in [3.8, 4) is 5.75 Å². The molecule has 0 radical (unpaired) electrons. The molecule has 0 N–H and O–H groups in total. The Kier molecular flexibility index (Phi) is 7.81. The lowest BCUT2D eigenvalue weighted by atomic mass is 9.77. The highest BCUT2D eigenvalue weighted by molar-refractivity contribution is 7.89. The molecule has 2 saturated heterocycles. The van der Waals surface area contributed by atoms with Crippen LogP contribution in [0.3, 0.4) is 0 Å². The van der Waals surface area contributed by atoms with Gasteiger partial charge in [0.15, 0.2) is 0 Å². The number of likely N-dealkylation sites (tertiary alicyclic amines) is 2. The average Bonchev–Trinajstić information content (AvgIpc) is 3.30. The first kappa shape index (κ1) is 29.4. The number of piperidine rings is 1. The van der Waals surface area contributed by atoms with Gasteiger partial charge in [-0.3, -0.25) is 9.59 Å². The summed E-state index contributed by atoms with van der Waals surface area (Å²) in [4.78, 5) is 31.2. The van der Waals surface area contributed by atoms with Crippen LogP contribution in [0.4, 0.5) is 0 Å². The number of hydrogen-bond acceptors (Lipinski definition) is 5. The summed E-state index contributed by atoms with van der Waals surface area (Å²) in [5.41, 5.74) is 4.55. The van der Waals surface area contributed by atoms with Gasteiger partial charge in [-0.1, -0.05) is 36.4 Å². The van der Waals surface area contributed by atoms with E-state index >= 15 is 0 Å². The van der Waals surface area contributed by atoms with E-state index in [-0.39, 0.29) is 23.8 Å². The summed E-state index contributed by atoms with van der Waals surface area (Å²) < 4.78 is 34.4. The van der Waals surface area contributed by atoms with E-state index in [9.17, 15) is 18.0 Å². The van der Waals surface area contributed by atoms with Crippen LogP contribution in [0.5, 0.6) is 5.75 Å². The van der Waals surface area contributed by atoms with Crippen LogP contribution in [-0.2, 0) is 34.3 Å². The molecule has 3 aliphatic heterocycles. The zero-order valence-corrected chi connectivity index (χ0v) is 26.0. The second kappa shape index (κ2) is 11.4. The molecule has 8 nitrogen and oxygen atoms in total. The normalized spacial score (nSPS) is 18.6. The van der Waals surface area contributed by atoms with Crippen LogP contribution >= 0.6 is 0 Å². The largest absolute Gasteiger partial charge is 0.497 e. The van der Waals surface area contributed by atoms with Gasteiger partial charge in [-0.2, -0.15) is 4.31 Å². The lowest BCUT2D eigenvalue weighted by Gasteiger charge is -2.38. The number of benzene rings is 3. The van der Waals surface area contributed by atoms with Crippen molar-refractivity contribution in [2.75, 3.05) is 33.3 Å².